The van der Waals surface area contributed by atoms with Gasteiger partial charge in [-0.3, -0.25) is 19.5 Å². The van der Waals surface area contributed by atoms with E-state index in [0.717, 1.165) is 83.7 Å². The van der Waals surface area contributed by atoms with E-state index in [1.54, 1.807) is 24.3 Å². The molecule has 0 aliphatic carbocycles. The van der Waals surface area contributed by atoms with Crippen molar-refractivity contribution in [2.24, 2.45) is 4.99 Å². The lowest BCUT2D eigenvalue weighted by Gasteiger charge is -2.26. The number of benzene rings is 3. The van der Waals surface area contributed by atoms with Crippen LogP contribution in [0.1, 0.15) is 76.7 Å². The molecule has 5 aromatic rings. The Hall–Kier alpha value is -5.39. The Balaban J connectivity index is 1.11. The van der Waals surface area contributed by atoms with Gasteiger partial charge in [-0.15, -0.1) is 0 Å². The van der Waals surface area contributed by atoms with Crippen LogP contribution in [0.5, 0.6) is 0 Å². The van der Waals surface area contributed by atoms with Crippen molar-refractivity contribution >= 4 is 35.3 Å². The number of nitrogens with one attached hydrogen (secondary N) is 3. The van der Waals surface area contributed by atoms with Gasteiger partial charge in [0.25, 0.3) is 11.8 Å². The summed E-state index contributed by atoms with van der Waals surface area (Å²) in [7, 11) is 0. The molecule has 0 bridgehead atoms. The number of likely N-dealkylation sites (N-methyl/N-ethyl adjacent to an activating group) is 1. The monoisotopic (exact) mass is 728 g/mol. The standard InChI is InChI=1S/C43H52N8O3/c1-5-39-37(40(48-36-17-21-54-22-18-36)38-28-47-51(7-3)41(38)49-39)27-46-43(53)35-16-10-15-34(25-35)42(52)45-26-30-11-8-13-32(23-30)33-14-9-12-31(24-33)29-50(6-2)20-19-44-4/h8-16,23-25,28,36H,4-7,17-22,26-27,29H2,1-3H3,(H,45,52)(H,46,53)(H,48,49). The number of nitrogens with zero attached hydrogens (tertiary/aromatic N) is 5. The molecule has 1 aliphatic heterocycles. The Morgan fingerprint density at radius 1 is 0.907 bits per heavy atom. The van der Waals surface area contributed by atoms with Crippen LogP contribution in [0.15, 0.2) is 84.0 Å². The van der Waals surface area contributed by atoms with Crippen molar-refractivity contribution < 1.29 is 14.3 Å². The molecule has 282 valence electrons. The number of pyridine rings is 1. The van der Waals surface area contributed by atoms with Gasteiger partial charge in [0.2, 0.25) is 0 Å². The van der Waals surface area contributed by atoms with Crippen molar-refractivity contribution in [2.45, 2.75) is 72.3 Å². The fraction of sp³-hybridized carbons (Fsp3) is 0.372. The molecule has 2 aromatic heterocycles. The van der Waals surface area contributed by atoms with E-state index in [1.807, 2.05) is 23.0 Å². The van der Waals surface area contributed by atoms with E-state index in [-0.39, 0.29) is 24.4 Å². The van der Waals surface area contributed by atoms with Gasteiger partial charge in [0, 0.05) is 74.4 Å². The van der Waals surface area contributed by atoms with Gasteiger partial charge < -0.3 is 20.7 Å². The largest absolute Gasteiger partial charge is 0.381 e. The number of amides is 2. The number of hydrogen-bond donors (Lipinski definition) is 3. The van der Waals surface area contributed by atoms with Crippen molar-refractivity contribution in [3.8, 4) is 11.1 Å². The highest BCUT2D eigenvalue weighted by Crippen LogP contribution is 2.31. The summed E-state index contributed by atoms with van der Waals surface area (Å²) in [6, 6.07) is 23.9. The van der Waals surface area contributed by atoms with Gasteiger partial charge in [-0.1, -0.05) is 56.3 Å². The van der Waals surface area contributed by atoms with Gasteiger partial charge in [0.05, 0.1) is 23.8 Å². The Labute approximate surface area is 318 Å². The Morgan fingerprint density at radius 2 is 1.57 bits per heavy atom. The van der Waals surface area contributed by atoms with Crippen LogP contribution < -0.4 is 16.0 Å². The van der Waals surface area contributed by atoms with E-state index in [1.165, 1.54) is 5.56 Å². The molecule has 2 amide bonds. The minimum Gasteiger partial charge on any atom is -0.381 e. The molecule has 11 heteroatoms. The molecular weight excluding hydrogens is 677 g/mol. The maximum absolute atomic E-state index is 13.6. The molecule has 1 saturated heterocycles. The third-order valence-electron chi connectivity index (χ3n) is 10.1. The molecule has 1 aliphatic rings. The average molecular weight is 729 g/mol. The highest BCUT2D eigenvalue weighted by molar-refractivity contribution is 6.00. The van der Waals surface area contributed by atoms with Crippen LogP contribution >= 0.6 is 0 Å². The average Bonchev–Trinajstić information content (AvgIpc) is 3.64. The minimum atomic E-state index is -0.262. The van der Waals surface area contributed by atoms with E-state index in [0.29, 0.717) is 43.9 Å². The lowest BCUT2D eigenvalue weighted by molar-refractivity contribution is 0.0904. The number of aliphatic imine (C=N–C) groups is 1. The molecule has 3 aromatic carbocycles. The fourth-order valence-corrected chi connectivity index (χ4v) is 6.99. The third-order valence-corrected chi connectivity index (χ3v) is 10.1. The number of aromatic nitrogens is 3. The summed E-state index contributed by atoms with van der Waals surface area (Å²) in [4.78, 5) is 38.3. The topological polar surface area (TPSA) is 126 Å². The molecule has 0 saturated carbocycles. The molecule has 3 N–H and O–H groups in total. The number of anilines is 1. The van der Waals surface area contributed by atoms with Crippen LogP contribution in [0.25, 0.3) is 22.2 Å². The van der Waals surface area contributed by atoms with E-state index >= 15 is 0 Å². The van der Waals surface area contributed by atoms with Crippen molar-refractivity contribution in [3.63, 3.8) is 0 Å². The van der Waals surface area contributed by atoms with Gasteiger partial charge in [-0.25, -0.2) is 9.67 Å². The highest BCUT2D eigenvalue weighted by atomic mass is 16.5. The molecular formula is C43H52N8O3. The highest BCUT2D eigenvalue weighted by Gasteiger charge is 2.22. The first-order chi connectivity index (χ1) is 26.4. The first kappa shape index (κ1) is 38.3. The van der Waals surface area contributed by atoms with Crippen molar-refractivity contribution in [1.29, 1.82) is 0 Å². The summed E-state index contributed by atoms with van der Waals surface area (Å²) in [5.74, 6) is -0.507. The summed E-state index contributed by atoms with van der Waals surface area (Å²) < 4.78 is 7.51. The fourth-order valence-electron chi connectivity index (χ4n) is 6.99. The minimum absolute atomic E-state index is 0.246. The summed E-state index contributed by atoms with van der Waals surface area (Å²) in [6.45, 7) is 16.1. The first-order valence-corrected chi connectivity index (χ1v) is 19.1. The number of hydrogen-bond acceptors (Lipinski definition) is 8. The van der Waals surface area contributed by atoms with Crippen molar-refractivity contribution in [2.75, 3.05) is 38.2 Å². The number of aryl methyl sites for hydroxylation is 2. The summed E-state index contributed by atoms with van der Waals surface area (Å²) in [6.07, 6.45) is 4.37. The quantitative estimate of drug-likeness (QED) is 0.0916. The smallest absolute Gasteiger partial charge is 0.251 e. The number of carbonyl (C=O) groups excluding carboxylic acids is 2. The van der Waals surface area contributed by atoms with Crippen LogP contribution in [0.2, 0.25) is 0 Å². The molecule has 6 rings (SSSR count). The molecule has 1 fully saturated rings. The molecule has 54 heavy (non-hydrogen) atoms. The maximum atomic E-state index is 13.6. The Bertz CT molecular complexity index is 2070. The van der Waals surface area contributed by atoms with Gasteiger partial charge in [0.1, 0.15) is 0 Å². The maximum Gasteiger partial charge on any atom is 0.251 e. The molecule has 11 nitrogen and oxygen atoms in total. The first-order valence-electron chi connectivity index (χ1n) is 19.1. The van der Waals surface area contributed by atoms with E-state index in [4.69, 9.17) is 9.72 Å². The normalized spacial score (nSPS) is 13.3. The molecule has 0 radical (unpaired) electrons. The van der Waals surface area contributed by atoms with Gasteiger partial charge in [0.15, 0.2) is 5.65 Å². The summed E-state index contributed by atoms with van der Waals surface area (Å²) in [5, 5.41) is 15.5. The van der Waals surface area contributed by atoms with Crippen LogP contribution in [0.4, 0.5) is 5.69 Å². The van der Waals surface area contributed by atoms with Crippen molar-refractivity contribution in [1.82, 2.24) is 30.3 Å². The van der Waals surface area contributed by atoms with Gasteiger partial charge in [-0.2, -0.15) is 5.10 Å². The molecule has 3 heterocycles. The van der Waals surface area contributed by atoms with Crippen LogP contribution in [-0.4, -0.2) is 77.1 Å². The second-order valence-corrected chi connectivity index (χ2v) is 13.7. The van der Waals surface area contributed by atoms with E-state index < -0.39 is 0 Å². The lowest BCUT2D eigenvalue weighted by Crippen LogP contribution is -2.30. The van der Waals surface area contributed by atoms with Crippen LogP contribution in [0, 0.1) is 0 Å². The predicted molar refractivity (Wildman–Crippen MR) is 216 cm³/mol. The summed E-state index contributed by atoms with van der Waals surface area (Å²) in [5.41, 5.74) is 8.94. The zero-order chi connectivity index (χ0) is 37.9. The third kappa shape index (κ3) is 9.39. The number of rotatable bonds is 17. The zero-order valence-corrected chi connectivity index (χ0v) is 31.7. The lowest BCUT2D eigenvalue weighted by atomic mass is 10.0. The molecule has 0 atom stereocenters. The van der Waals surface area contributed by atoms with Gasteiger partial charge in [-0.05, 0) is 92.0 Å². The molecule has 0 spiro atoms. The van der Waals surface area contributed by atoms with Crippen molar-refractivity contribution in [3.05, 3.63) is 113 Å². The van der Waals surface area contributed by atoms with Gasteiger partial charge >= 0.3 is 0 Å². The van der Waals surface area contributed by atoms with Crippen LogP contribution in [0.3, 0.4) is 0 Å². The Morgan fingerprint density at radius 3 is 2.24 bits per heavy atom. The summed E-state index contributed by atoms with van der Waals surface area (Å²) >= 11 is 0. The van der Waals surface area contributed by atoms with E-state index in [9.17, 15) is 9.59 Å². The number of carbonyl (C=O) groups is 2. The zero-order valence-electron chi connectivity index (χ0n) is 31.7. The predicted octanol–water partition coefficient (Wildman–Crippen LogP) is 6.65. The SMILES string of the molecule is C=NCCN(CC)Cc1cccc(-c2cccc(CNC(=O)c3cccc(C(=O)NCc4c(CC)nc5c(cnn5CC)c4NC4CCOCC4)c3)c2)c1. The Kier molecular flexibility index (Phi) is 13.2. The second kappa shape index (κ2) is 18.6. The van der Waals surface area contributed by atoms with E-state index in [2.05, 4.69) is 94.8 Å². The molecule has 0 unspecified atom stereocenters. The van der Waals surface area contributed by atoms with Crippen LogP contribution in [-0.2, 0) is 37.3 Å². The number of fused-ring (bicyclic) bond motifs is 1. The second-order valence-electron chi connectivity index (χ2n) is 13.7. The number of ether oxygens (including phenoxy) is 1.